The van der Waals surface area contributed by atoms with Gasteiger partial charge in [-0.05, 0) is 43.9 Å². The number of aliphatic hydroxyl groups is 2. The summed E-state index contributed by atoms with van der Waals surface area (Å²) in [6.45, 7) is 0. The van der Waals surface area contributed by atoms with Crippen molar-refractivity contribution in [2.75, 3.05) is 0 Å². The Balaban J connectivity index is 1.69. The minimum atomic E-state index is -0.293. The van der Waals surface area contributed by atoms with E-state index in [1.165, 1.54) is 51.4 Å². The highest BCUT2D eigenvalue weighted by molar-refractivity contribution is 4.94. The molecule has 0 aromatic carbocycles. The van der Waals surface area contributed by atoms with Crippen LogP contribution >= 0.6 is 0 Å². The Labute approximate surface area is 117 Å². The lowest BCUT2D eigenvalue weighted by Crippen LogP contribution is -2.23. The molecule has 110 valence electrons. The van der Waals surface area contributed by atoms with Crippen LogP contribution in [0, 0.1) is 11.8 Å². The van der Waals surface area contributed by atoms with Gasteiger partial charge < -0.3 is 10.2 Å². The van der Waals surface area contributed by atoms with E-state index in [0.29, 0.717) is 18.3 Å². The normalized spacial score (nSPS) is 26.6. The van der Waals surface area contributed by atoms with E-state index in [1.807, 2.05) is 12.2 Å². The minimum Gasteiger partial charge on any atom is -0.393 e. The zero-order valence-corrected chi connectivity index (χ0v) is 12.1. The molecular weight excluding hydrogens is 236 g/mol. The summed E-state index contributed by atoms with van der Waals surface area (Å²) in [4.78, 5) is 0. The van der Waals surface area contributed by atoms with Crippen molar-refractivity contribution in [1.29, 1.82) is 0 Å². The van der Waals surface area contributed by atoms with E-state index >= 15 is 0 Å². The van der Waals surface area contributed by atoms with Crippen LogP contribution in [0.15, 0.2) is 12.2 Å². The van der Waals surface area contributed by atoms with Gasteiger partial charge in [0.1, 0.15) is 0 Å². The molecule has 0 aliphatic heterocycles. The van der Waals surface area contributed by atoms with Crippen molar-refractivity contribution in [2.24, 2.45) is 11.8 Å². The predicted octanol–water partition coefficient (Wildman–Crippen LogP) is 3.82. The summed E-state index contributed by atoms with van der Waals surface area (Å²) >= 11 is 0. The van der Waals surface area contributed by atoms with E-state index in [4.69, 9.17) is 0 Å². The molecule has 0 bridgehead atoms. The Bertz CT molecular complexity index is 262. The van der Waals surface area contributed by atoms with E-state index in [-0.39, 0.29) is 12.2 Å². The quantitative estimate of drug-likeness (QED) is 0.743. The van der Waals surface area contributed by atoms with Crippen molar-refractivity contribution < 1.29 is 10.2 Å². The fraction of sp³-hybridized carbons (Fsp3) is 0.882. The molecule has 2 aliphatic carbocycles. The van der Waals surface area contributed by atoms with Crippen molar-refractivity contribution in [3.05, 3.63) is 12.2 Å². The lowest BCUT2D eigenvalue weighted by atomic mass is 9.83. The van der Waals surface area contributed by atoms with E-state index in [1.54, 1.807) is 0 Å². The van der Waals surface area contributed by atoms with Crippen LogP contribution < -0.4 is 0 Å². The van der Waals surface area contributed by atoms with Crippen LogP contribution in [0.1, 0.15) is 70.6 Å². The third-order valence-corrected chi connectivity index (χ3v) is 5.04. The largest absolute Gasteiger partial charge is 0.393 e. The van der Waals surface area contributed by atoms with Gasteiger partial charge >= 0.3 is 0 Å². The van der Waals surface area contributed by atoms with Crippen molar-refractivity contribution in [2.45, 2.75) is 82.8 Å². The first-order chi connectivity index (χ1) is 9.27. The van der Waals surface area contributed by atoms with Gasteiger partial charge in [-0.3, -0.25) is 0 Å². The standard InChI is InChI=1S/C17H30O2/c18-16(14-8-3-1-4-9-14)12-7-13-17(19)15-10-5-2-6-11-15/h7,12,14-19H,1-6,8-11,13H2/b12-7+/t16-,17+/m0/s1. The topological polar surface area (TPSA) is 40.5 Å². The molecule has 2 rings (SSSR count). The molecule has 0 saturated heterocycles. The molecule has 2 fully saturated rings. The van der Waals surface area contributed by atoms with Crippen LogP contribution in [0.25, 0.3) is 0 Å². The van der Waals surface area contributed by atoms with Gasteiger partial charge in [-0.2, -0.15) is 0 Å². The summed E-state index contributed by atoms with van der Waals surface area (Å²) in [7, 11) is 0. The van der Waals surface area contributed by atoms with Gasteiger partial charge in [-0.1, -0.05) is 50.7 Å². The molecule has 0 aromatic rings. The third-order valence-electron chi connectivity index (χ3n) is 5.04. The van der Waals surface area contributed by atoms with Crippen LogP contribution in [0.3, 0.4) is 0 Å². The zero-order chi connectivity index (χ0) is 13.5. The third kappa shape index (κ3) is 4.92. The second kappa shape index (κ2) is 8.06. The Kier molecular flexibility index (Phi) is 6.39. The minimum absolute atomic E-state index is 0.199. The molecule has 2 saturated carbocycles. The van der Waals surface area contributed by atoms with Crippen molar-refractivity contribution in [3.8, 4) is 0 Å². The van der Waals surface area contributed by atoms with Gasteiger partial charge in [0.25, 0.3) is 0 Å². The second-order valence-corrected chi connectivity index (χ2v) is 6.52. The molecule has 0 spiro atoms. The van der Waals surface area contributed by atoms with Gasteiger partial charge in [0, 0.05) is 0 Å². The smallest absolute Gasteiger partial charge is 0.0749 e. The molecule has 19 heavy (non-hydrogen) atoms. The SMILES string of the molecule is O[C@H](C/C=C/[C@H](O)C1CCCCC1)C1CCCCC1. The molecule has 2 aliphatic rings. The van der Waals surface area contributed by atoms with Crippen LogP contribution in [0.4, 0.5) is 0 Å². The highest BCUT2D eigenvalue weighted by atomic mass is 16.3. The van der Waals surface area contributed by atoms with Crippen LogP contribution in [0.5, 0.6) is 0 Å². The maximum Gasteiger partial charge on any atom is 0.0749 e. The van der Waals surface area contributed by atoms with E-state index in [9.17, 15) is 10.2 Å². The fourth-order valence-electron chi connectivity index (χ4n) is 3.70. The average Bonchev–Trinajstić information content (AvgIpc) is 2.49. The molecule has 0 aromatic heterocycles. The van der Waals surface area contributed by atoms with Gasteiger partial charge in [-0.15, -0.1) is 0 Å². The average molecular weight is 266 g/mol. The first kappa shape index (κ1) is 15.1. The first-order valence-corrected chi connectivity index (χ1v) is 8.30. The maximum absolute atomic E-state index is 10.2. The molecule has 2 atom stereocenters. The Morgan fingerprint density at radius 1 is 0.789 bits per heavy atom. The summed E-state index contributed by atoms with van der Waals surface area (Å²) in [5.41, 5.74) is 0. The lowest BCUT2D eigenvalue weighted by Gasteiger charge is -2.26. The number of aliphatic hydroxyl groups excluding tert-OH is 2. The highest BCUT2D eigenvalue weighted by Gasteiger charge is 2.22. The monoisotopic (exact) mass is 266 g/mol. The van der Waals surface area contributed by atoms with E-state index in [2.05, 4.69) is 0 Å². The summed E-state index contributed by atoms with van der Waals surface area (Å²) in [6.07, 6.45) is 16.6. The predicted molar refractivity (Wildman–Crippen MR) is 78.9 cm³/mol. The zero-order valence-electron chi connectivity index (χ0n) is 12.1. The summed E-state index contributed by atoms with van der Waals surface area (Å²) in [6, 6.07) is 0. The van der Waals surface area contributed by atoms with Gasteiger partial charge in [0.2, 0.25) is 0 Å². The molecule has 2 heteroatoms. The van der Waals surface area contributed by atoms with Crippen LogP contribution in [0.2, 0.25) is 0 Å². The van der Waals surface area contributed by atoms with Crippen molar-refractivity contribution in [3.63, 3.8) is 0 Å². The summed E-state index contributed by atoms with van der Waals surface area (Å²) in [5.74, 6) is 0.946. The first-order valence-electron chi connectivity index (χ1n) is 8.30. The second-order valence-electron chi connectivity index (χ2n) is 6.52. The number of rotatable bonds is 5. The van der Waals surface area contributed by atoms with Crippen molar-refractivity contribution in [1.82, 2.24) is 0 Å². The van der Waals surface area contributed by atoms with Crippen molar-refractivity contribution >= 4 is 0 Å². The summed E-state index contributed by atoms with van der Waals surface area (Å²) < 4.78 is 0. The van der Waals surface area contributed by atoms with E-state index < -0.39 is 0 Å². The van der Waals surface area contributed by atoms with Gasteiger partial charge in [0.05, 0.1) is 12.2 Å². The fourth-order valence-corrected chi connectivity index (χ4v) is 3.70. The lowest BCUT2D eigenvalue weighted by molar-refractivity contribution is 0.0863. The molecule has 0 radical (unpaired) electrons. The van der Waals surface area contributed by atoms with Crippen LogP contribution in [-0.4, -0.2) is 22.4 Å². The van der Waals surface area contributed by atoms with Gasteiger partial charge in [0.15, 0.2) is 0 Å². The van der Waals surface area contributed by atoms with Gasteiger partial charge in [-0.25, -0.2) is 0 Å². The Hall–Kier alpha value is -0.340. The Morgan fingerprint density at radius 3 is 1.89 bits per heavy atom. The number of hydrogen-bond donors (Lipinski definition) is 2. The maximum atomic E-state index is 10.2. The molecular formula is C17H30O2. The molecule has 0 amide bonds. The van der Waals surface area contributed by atoms with Crippen LogP contribution in [-0.2, 0) is 0 Å². The summed E-state index contributed by atoms with van der Waals surface area (Å²) in [5, 5.41) is 20.3. The van der Waals surface area contributed by atoms with E-state index in [0.717, 1.165) is 12.8 Å². The highest BCUT2D eigenvalue weighted by Crippen LogP contribution is 2.29. The Morgan fingerprint density at radius 2 is 1.32 bits per heavy atom. The molecule has 2 nitrogen and oxygen atoms in total. The molecule has 2 N–H and O–H groups in total. The molecule has 0 unspecified atom stereocenters. The molecule has 0 heterocycles. The number of hydrogen-bond acceptors (Lipinski definition) is 2.